The zero-order valence-corrected chi connectivity index (χ0v) is 8.87. The quantitative estimate of drug-likeness (QED) is 0.690. The van der Waals surface area contributed by atoms with Crippen molar-refractivity contribution in [3.63, 3.8) is 0 Å². The van der Waals surface area contributed by atoms with Gasteiger partial charge < -0.3 is 0 Å². The van der Waals surface area contributed by atoms with Crippen molar-refractivity contribution in [3.8, 4) is 17.2 Å². The Balaban J connectivity index is 2.36. The van der Waals surface area contributed by atoms with Crippen LogP contribution < -0.4 is 0 Å². The van der Waals surface area contributed by atoms with Crippen LogP contribution in [0.25, 0.3) is 17.2 Å². The zero-order chi connectivity index (χ0) is 10.5. The first-order valence-electron chi connectivity index (χ1n) is 4.59. The van der Waals surface area contributed by atoms with Crippen molar-refractivity contribution in [3.05, 3.63) is 52.7 Å². The van der Waals surface area contributed by atoms with Crippen LogP contribution in [0.3, 0.4) is 0 Å². The highest BCUT2D eigenvalue weighted by molar-refractivity contribution is 7.08. The number of hydrogen-bond donors (Lipinski definition) is 0. The lowest BCUT2D eigenvalue weighted by molar-refractivity contribution is 1.53. The normalized spacial score (nSPS) is 10.3. The third-order valence-electron chi connectivity index (χ3n) is 2.09. The summed E-state index contributed by atoms with van der Waals surface area (Å²) in [5.74, 6) is 0. The molecule has 0 amide bonds. The Bertz CT molecular complexity index is 504. The summed E-state index contributed by atoms with van der Waals surface area (Å²) < 4.78 is 0. The summed E-state index contributed by atoms with van der Waals surface area (Å²) in [4.78, 5) is 0. The largest absolute Gasteiger partial charge is 0.193 e. The molecule has 0 saturated carbocycles. The summed E-state index contributed by atoms with van der Waals surface area (Å²) >= 11 is 1.69. The van der Waals surface area contributed by atoms with E-state index in [2.05, 4.69) is 29.0 Å². The highest BCUT2D eigenvalue weighted by Crippen LogP contribution is 2.23. The summed E-state index contributed by atoms with van der Waals surface area (Å²) in [7, 11) is 0. The fourth-order valence-corrected chi connectivity index (χ4v) is 2.05. The molecule has 72 valence electrons. The van der Waals surface area contributed by atoms with E-state index in [0.717, 1.165) is 5.56 Å². The van der Waals surface area contributed by atoms with Gasteiger partial charge in [0.2, 0.25) is 0 Å². The predicted molar refractivity (Wildman–Crippen MR) is 64.4 cm³/mol. The van der Waals surface area contributed by atoms with E-state index >= 15 is 0 Å². The molecule has 0 radical (unpaired) electrons. The van der Waals surface area contributed by atoms with Gasteiger partial charge in [0.05, 0.1) is 6.07 Å². The van der Waals surface area contributed by atoms with E-state index in [-0.39, 0.29) is 0 Å². The van der Waals surface area contributed by atoms with Crippen LogP contribution in [0, 0.1) is 11.3 Å². The number of hydrogen-bond acceptors (Lipinski definition) is 2. The van der Waals surface area contributed by atoms with Crippen molar-refractivity contribution in [2.75, 3.05) is 0 Å². The second-order valence-electron chi connectivity index (χ2n) is 3.10. The lowest BCUT2D eigenvalue weighted by Gasteiger charge is -1.98. The molecule has 2 aromatic rings. The van der Waals surface area contributed by atoms with E-state index in [0.29, 0.717) is 0 Å². The summed E-state index contributed by atoms with van der Waals surface area (Å²) in [6, 6.07) is 12.2. The number of rotatable bonds is 2. The van der Waals surface area contributed by atoms with Gasteiger partial charge in [0.15, 0.2) is 0 Å². The first kappa shape index (κ1) is 9.70. The highest BCUT2D eigenvalue weighted by Gasteiger charge is 1.97. The Labute approximate surface area is 92.9 Å². The minimum absolute atomic E-state index is 1.06. The van der Waals surface area contributed by atoms with Crippen LogP contribution in [0.1, 0.15) is 5.56 Å². The molecule has 0 N–H and O–H groups in total. The van der Waals surface area contributed by atoms with E-state index in [1.807, 2.05) is 24.3 Å². The van der Waals surface area contributed by atoms with E-state index in [4.69, 9.17) is 5.26 Å². The molecule has 1 heterocycles. The van der Waals surface area contributed by atoms with Gasteiger partial charge in [-0.2, -0.15) is 16.6 Å². The van der Waals surface area contributed by atoms with Crippen LogP contribution >= 0.6 is 11.3 Å². The van der Waals surface area contributed by atoms with Crippen LogP contribution in [0.2, 0.25) is 0 Å². The van der Waals surface area contributed by atoms with Crippen molar-refractivity contribution in [2.24, 2.45) is 0 Å². The minimum atomic E-state index is 1.06. The van der Waals surface area contributed by atoms with E-state index in [1.165, 1.54) is 17.2 Å². The summed E-state index contributed by atoms with van der Waals surface area (Å²) in [5, 5.41) is 12.6. The Morgan fingerprint density at radius 1 is 1.20 bits per heavy atom. The van der Waals surface area contributed by atoms with Gasteiger partial charge in [-0.1, -0.05) is 18.2 Å². The first-order chi connectivity index (χ1) is 7.40. The fraction of sp³-hybridized carbons (Fsp3) is 0. The van der Waals surface area contributed by atoms with Gasteiger partial charge in [0, 0.05) is 6.08 Å². The molecule has 0 atom stereocenters. The van der Waals surface area contributed by atoms with Crippen LogP contribution in [0.5, 0.6) is 0 Å². The molecule has 1 aromatic carbocycles. The molecule has 0 unspecified atom stereocenters. The summed E-state index contributed by atoms with van der Waals surface area (Å²) in [6.07, 6.45) is 3.31. The lowest BCUT2D eigenvalue weighted by atomic mass is 10.1. The standard InChI is InChI=1S/C13H9NS/c14-7-2-4-11-3-1-5-12(9-11)13-6-8-15-10-13/h1-6,8-10H. The van der Waals surface area contributed by atoms with Crippen LogP contribution in [-0.4, -0.2) is 0 Å². The van der Waals surface area contributed by atoms with Gasteiger partial charge in [-0.3, -0.25) is 0 Å². The van der Waals surface area contributed by atoms with Gasteiger partial charge in [-0.15, -0.1) is 0 Å². The molecule has 15 heavy (non-hydrogen) atoms. The molecule has 0 saturated heterocycles. The fourth-order valence-electron chi connectivity index (χ4n) is 1.38. The molecular formula is C13H9NS. The van der Waals surface area contributed by atoms with Crippen molar-refractivity contribution < 1.29 is 0 Å². The third-order valence-corrected chi connectivity index (χ3v) is 2.77. The maximum Gasteiger partial charge on any atom is 0.0912 e. The predicted octanol–water partition coefficient (Wildman–Crippen LogP) is 3.95. The van der Waals surface area contributed by atoms with E-state index < -0.39 is 0 Å². The van der Waals surface area contributed by atoms with Crippen molar-refractivity contribution >= 4 is 17.4 Å². The highest BCUT2D eigenvalue weighted by atomic mass is 32.1. The number of nitriles is 1. The van der Waals surface area contributed by atoms with Gasteiger partial charge in [-0.05, 0) is 45.7 Å². The molecule has 0 bridgehead atoms. The summed E-state index contributed by atoms with van der Waals surface area (Å²) in [5.41, 5.74) is 3.48. The second kappa shape index (κ2) is 4.59. The van der Waals surface area contributed by atoms with E-state index in [1.54, 1.807) is 11.3 Å². The SMILES string of the molecule is N#CC=Cc1cccc(-c2ccsc2)c1. The zero-order valence-electron chi connectivity index (χ0n) is 8.05. The Hall–Kier alpha value is -1.85. The first-order valence-corrected chi connectivity index (χ1v) is 5.53. The molecule has 0 aliphatic rings. The minimum Gasteiger partial charge on any atom is -0.193 e. The molecule has 1 nitrogen and oxygen atoms in total. The molecule has 2 rings (SSSR count). The number of benzene rings is 1. The second-order valence-corrected chi connectivity index (χ2v) is 3.88. The Morgan fingerprint density at radius 3 is 2.87 bits per heavy atom. The van der Waals surface area contributed by atoms with Gasteiger partial charge in [0.25, 0.3) is 0 Å². The van der Waals surface area contributed by atoms with Gasteiger partial charge in [-0.25, -0.2) is 0 Å². The topological polar surface area (TPSA) is 23.8 Å². The van der Waals surface area contributed by atoms with Crippen LogP contribution in [0.4, 0.5) is 0 Å². The average Bonchev–Trinajstić information content (AvgIpc) is 2.80. The van der Waals surface area contributed by atoms with Gasteiger partial charge in [0.1, 0.15) is 0 Å². The monoisotopic (exact) mass is 211 g/mol. The summed E-state index contributed by atoms with van der Waals surface area (Å²) in [6.45, 7) is 0. The van der Waals surface area contributed by atoms with Gasteiger partial charge >= 0.3 is 0 Å². The Morgan fingerprint density at radius 2 is 2.13 bits per heavy atom. The van der Waals surface area contributed by atoms with Crippen LogP contribution in [-0.2, 0) is 0 Å². The third kappa shape index (κ3) is 2.34. The van der Waals surface area contributed by atoms with Crippen molar-refractivity contribution in [1.29, 1.82) is 5.26 Å². The molecule has 0 fully saturated rings. The molecule has 0 aliphatic carbocycles. The van der Waals surface area contributed by atoms with Crippen molar-refractivity contribution in [2.45, 2.75) is 0 Å². The average molecular weight is 211 g/mol. The van der Waals surface area contributed by atoms with Crippen LogP contribution in [0.15, 0.2) is 47.2 Å². The van der Waals surface area contributed by atoms with E-state index in [9.17, 15) is 0 Å². The number of thiophene rings is 1. The maximum atomic E-state index is 8.45. The molecule has 2 heteroatoms. The molecule has 0 spiro atoms. The molecule has 1 aromatic heterocycles. The smallest absolute Gasteiger partial charge is 0.0912 e. The maximum absolute atomic E-state index is 8.45. The lowest BCUT2D eigenvalue weighted by Crippen LogP contribution is -1.75. The number of nitrogens with zero attached hydrogens (tertiary/aromatic N) is 1. The molecular weight excluding hydrogens is 202 g/mol. The Kier molecular flexibility index (Phi) is 2.96. The van der Waals surface area contributed by atoms with Crippen molar-refractivity contribution in [1.82, 2.24) is 0 Å². The molecule has 0 aliphatic heterocycles. The number of allylic oxidation sites excluding steroid dienone is 1.